The van der Waals surface area contributed by atoms with Crippen LogP contribution < -0.4 is 10.4 Å². The molecular formula is C21H13IN2O5. The number of halogens is 1. The van der Waals surface area contributed by atoms with Crippen LogP contribution >= 0.6 is 22.6 Å². The van der Waals surface area contributed by atoms with Crippen LogP contribution in [0.2, 0.25) is 0 Å². The summed E-state index contributed by atoms with van der Waals surface area (Å²) in [6, 6.07) is 16.7. The highest BCUT2D eigenvalue weighted by atomic mass is 127. The highest BCUT2D eigenvalue weighted by molar-refractivity contribution is 14.1. The largest absolute Gasteiger partial charge is 0.478 e. The molecule has 0 aliphatic carbocycles. The first-order valence-electron chi connectivity index (χ1n) is 8.48. The minimum Gasteiger partial charge on any atom is -0.478 e. The third-order valence-electron chi connectivity index (χ3n) is 4.31. The molecule has 2 N–H and O–H groups in total. The third kappa shape index (κ3) is 3.79. The van der Waals surface area contributed by atoms with Crippen molar-refractivity contribution in [3.63, 3.8) is 0 Å². The van der Waals surface area contributed by atoms with E-state index in [1.807, 2.05) is 12.1 Å². The number of nitrogens with zero attached hydrogens (tertiary/aromatic N) is 1. The Kier molecular flexibility index (Phi) is 4.93. The highest BCUT2D eigenvalue weighted by Gasteiger charge is 2.34. The fourth-order valence-electron chi connectivity index (χ4n) is 2.83. The molecule has 0 saturated carbocycles. The van der Waals surface area contributed by atoms with E-state index in [0.717, 1.165) is 3.57 Å². The number of anilines is 1. The average molecular weight is 500 g/mol. The van der Waals surface area contributed by atoms with Gasteiger partial charge in [0.25, 0.3) is 11.8 Å². The van der Waals surface area contributed by atoms with Gasteiger partial charge in [-0.15, -0.1) is 0 Å². The number of carboxylic acids is 1. The van der Waals surface area contributed by atoms with E-state index in [9.17, 15) is 14.4 Å². The van der Waals surface area contributed by atoms with Crippen molar-refractivity contribution in [3.05, 3.63) is 81.1 Å². The fraction of sp³-hybridized carbons (Fsp3) is 0. The summed E-state index contributed by atoms with van der Waals surface area (Å²) in [5.41, 5.74) is 3.92. The maximum absolute atomic E-state index is 12.7. The molecule has 8 heteroatoms. The Hall–Kier alpha value is -3.40. The maximum atomic E-state index is 12.7. The highest BCUT2D eigenvalue weighted by Crippen LogP contribution is 2.26. The molecule has 1 aliphatic heterocycles. The molecule has 1 saturated heterocycles. The first kappa shape index (κ1) is 18.9. The van der Waals surface area contributed by atoms with Crippen LogP contribution in [0.4, 0.5) is 5.69 Å². The van der Waals surface area contributed by atoms with Crippen LogP contribution in [-0.2, 0) is 9.59 Å². The Morgan fingerprint density at radius 1 is 1.00 bits per heavy atom. The fourth-order valence-corrected chi connectivity index (χ4v) is 3.19. The Balaban J connectivity index is 1.58. The number of rotatable bonds is 4. The van der Waals surface area contributed by atoms with E-state index < -0.39 is 17.8 Å². The second-order valence-electron chi connectivity index (χ2n) is 6.20. The van der Waals surface area contributed by atoms with Crippen LogP contribution in [0.3, 0.4) is 0 Å². The molecule has 2 amide bonds. The molecule has 1 aliphatic rings. The molecule has 144 valence electrons. The predicted octanol–water partition coefficient (Wildman–Crippen LogP) is 3.71. The second kappa shape index (κ2) is 7.55. The van der Waals surface area contributed by atoms with Gasteiger partial charge in [0, 0.05) is 9.13 Å². The van der Waals surface area contributed by atoms with E-state index >= 15 is 0 Å². The maximum Gasteiger partial charge on any atom is 0.335 e. The minimum absolute atomic E-state index is 0.0364. The summed E-state index contributed by atoms with van der Waals surface area (Å²) in [6.45, 7) is 0. The average Bonchev–Trinajstić information content (AvgIpc) is 3.29. The summed E-state index contributed by atoms with van der Waals surface area (Å²) < 4.78 is 6.72. The van der Waals surface area contributed by atoms with E-state index in [-0.39, 0.29) is 11.1 Å². The van der Waals surface area contributed by atoms with Crippen molar-refractivity contribution in [2.24, 2.45) is 0 Å². The van der Waals surface area contributed by atoms with Crippen LogP contribution in [0.5, 0.6) is 0 Å². The van der Waals surface area contributed by atoms with Crippen molar-refractivity contribution in [2.75, 3.05) is 5.01 Å². The van der Waals surface area contributed by atoms with E-state index in [0.29, 0.717) is 22.8 Å². The summed E-state index contributed by atoms with van der Waals surface area (Å²) in [4.78, 5) is 35.9. The van der Waals surface area contributed by atoms with Crippen molar-refractivity contribution >= 4 is 52.1 Å². The molecule has 0 bridgehead atoms. The molecule has 4 rings (SSSR count). The number of aromatic carboxylic acids is 1. The van der Waals surface area contributed by atoms with Gasteiger partial charge in [-0.2, -0.15) is 0 Å². The molecule has 0 spiro atoms. The molecule has 29 heavy (non-hydrogen) atoms. The zero-order valence-electron chi connectivity index (χ0n) is 14.8. The number of nitrogens with one attached hydrogen (secondary N) is 1. The van der Waals surface area contributed by atoms with E-state index in [2.05, 4.69) is 28.0 Å². The molecular weight excluding hydrogens is 487 g/mol. The monoisotopic (exact) mass is 500 g/mol. The summed E-state index contributed by atoms with van der Waals surface area (Å²) in [5.74, 6) is -1.17. The van der Waals surface area contributed by atoms with E-state index in [4.69, 9.17) is 9.52 Å². The summed E-state index contributed by atoms with van der Waals surface area (Å²) in [7, 11) is 0. The Bertz CT molecular complexity index is 1150. The molecule has 3 aromatic rings. The predicted molar refractivity (Wildman–Crippen MR) is 114 cm³/mol. The first-order valence-corrected chi connectivity index (χ1v) is 9.56. The van der Waals surface area contributed by atoms with Crippen LogP contribution in [0.25, 0.3) is 17.4 Å². The molecule has 2 heterocycles. The molecule has 0 atom stereocenters. The summed E-state index contributed by atoms with van der Waals surface area (Å²) in [5, 5.41) is 10.2. The van der Waals surface area contributed by atoms with Gasteiger partial charge in [0.2, 0.25) is 0 Å². The molecule has 1 aromatic heterocycles. The number of hydrogen-bond donors (Lipinski definition) is 2. The summed E-state index contributed by atoms with van der Waals surface area (Å²) in [6.07, 6.45) is 1.39. The van der Waals surface area contributed by atoms with Crippen LogP contribution in [-0.4, -0.2) is 22.9 Å². The number of amides is 2. The van der Waals surface area contributed by atoms with Crippen molar-refractivity contribution in [1.82, 2.24) is 5.43 Å². The lowest BCUT2D eigenvalue weighted by molar-refractivity contribution is -0.117. The minimum atomic E-state index is -1.01. The Morgan fingerprint density at radius 3 is 2.34 bits per heavy atom. The molecule has 1 fully saturated rings. The van der Waals surface area contributed by atoms with Gasteiger partial charge in [0.05, 0.1) is 11.3 Å². The molecule has 0 radical (unpaired) electrons. The lowest BCUT2D eigenvalue weighted by Gasteiger charge is -2.14. The smallest absolute Gasteiger partial charge is 0.335 e. The van der Waals surface area contributed by atoms with Crippen molar-refractivity contribution in [3.8, 4) is 11.3 Å². The van der Waals surface area contributed by atoms with E-state index in [1.165, 1.54) is 23.2 Å². The first-order chi connectivity index (χ1) is 13.9. The molecule has 7 nitrogen and oxygen atoms in total. The van der Waals surface area contributed by atoms with Gasteiger partial charge in [0.1, 0.15) is 17.1 Å². The van der Waals surface area contributed by atoms with Gasteiger partial charge >= 0.3 is 5.97 Å². The Labute approximate surface area is 178 Å². The van der Waals surface area contributed by atoms with Gasteiger partial charge in [-0.1, -0.05) is 12.1 Å². The van der Waals surface area contributed by atoms with E-state index in [1.54, 1.807) is 36.4 Å². The van der Waals surface area contributed by atoms with Gasteiger partial charge in [-0.05, 0) is 77.2 Å². The van der Waals surface area contributed by atoms with Crippen LogP contribution in [0.1, 0.15) is 16.1 Å². The zero-order chi connectivity index (χ0) is 20.5. The number of carboxylic acid groups (broad SMARTS) is 1. The third-order valence-corrected chi connectivity index (χ3v) is 5.03. The number of carbonyl (C=O) groups is 3. The molecule has 0 unspecified atom stereocenters. The quantitative estimate of drug-likeness (QED) is 0.323. The second-order valence-corrected chi connectivity index (χ2v) is 7.45. The number of carbonyl (C=O) groups excluding carboxylic acids is 2. The SMILES string of the molecule is O=C1NN(c2ccc(I)cc2)C(=O)C1=Cc1ccc(-c2ccc(C(=O)O)cc2)o1. The van der Waals surface area contributed by atoms with Crippen molar-refractivity contribution in [2.45, 2.75) is 0 Å². The van der Waals surface area contributed by atoms with Crippen molar-refractivity contribution < 1.29 is 23.9 Å². The normalized spacial score (nSPS) is 15.1. The zero-order valence-corrected chi connectivity index (χ0v) is 16.9. The number of hydrogen-bond acceptors (Lipinski definition) is 4. The lowest BCUT2D eigenvalue weighted by atomic mass is 10.1. The van der Waals surface area contributed by atoms with Gasteiger partial charge in [-0.3, -0.25) is 15.0 Å². The molecule has 2 aromatic carbocycles. The van der Waals surface area contributed by atoms with Crippen LogP contribution in [0.15, 0.2) is 70.7 Å². The lowest BCUT2D eigenvalue weighted by Crippen LogP contribution is -2.35. The van der Waals surface area contributed by atoms with Crippen LogP contribution in [0, 0.1) is 3.57 Å². The summed E-state index contributed by atoms with van der Waals surface area (Å²) >= 11 is 2.16. The topological polar surface area (TPSA) is 99.9 Å². The van der Waals surface area contributed by atoms with Crippen molar-refractivity contribution in [1.29, 1.82) is 0 Å². The number of benzene rings is 2. The van der Waals surface area contributed by atoms with Gasteiger partial charge < -0.3 is 9.52 Å². The number of furan rings is 1. The van der Waals surface area contributed by atoms with Gasteiger partial charge in [-0.25, -0.2) is 9.80 Å². The van der Waals surface area contributed by atoms with Gasteiger partial charge in [0.15, 0.2) is 0 Å². The standard InChI is InChI=1S/C21H13IN2O5/c22-14-5-7-15(8-6-14)24-20(26)17(19(25)23-24)11-16-9-10-18(29-16)12-1-3-13(4-2-12)21(27)28/h1-11H,(H,23,25)(H,27,28). The number of hydrazine groups is 1. The Morgan fingerprint density at radius 2 is 1.69 bits per heavy atom.